The molecule has 1 saturated heterocycles. The molecule has 0 bridgehead atoms. The zero-order valence-electron chi connectivity index (χ0n) is 12.6. The molecule has 2 rings (SSSR count). The second-order valence-electron chi connectivity index (χ2n) is 5.59. The lowest BCUT2D eigenvalue weighted by Gasteiger charge is -2.22. The standard InChI is InChI=1S/C17H25NO2/c1-3-20-17(19)16(13-18-10-6-7-11-18)12-15-9-5-4-8-14(15)2/h4-5,8-9,16H,3,6-7,10-13H2,1-2H3. The Bertz CT molecular complexity index is 438. The molecule has 0 N–H and O–H groups in total. The minimum atomic E-state index is -0.0531. The highest BCUT2D eigenvalue weighted by molar-refractivity contribution is 5.73. The molecular weight excluding hydrogens is 250 g/mol. The van der Waals surface area contributed by atoms with Crippen LogP contribution < -0.4 is 0 Å². The van der Waals surface area contributed by atoms with Gasteiger partial charge in [-0.3, -0.25) is 4.79 Å². The van der Waals surface area contributed by atoms with Crippen LogP contribution in [0.2, 0.25) is 0 Å². The molecule has 110 valence electrons. The Morgan fingerprint density at radius 1 is 1.30 bits per heavy atom. The van der Waals surface area contributed by atoms with E-state index in [1.807, 2.05) is 19.1 Å². The van der Waals surface area contributed by atoms with Gasteiger partial charge in [0.1, 0.15) is 0 Å². The van der Waals surface area contributed by atoms with Crippen molar-refractivity contribution in [2.45, 2.75) is 33.1 Å². The van der Waals surface area contributed by atoms with Crippen LogP contribution in [0.3, 0.4) is 0 Å². The van der Waals surface area contributed by atoms with Crippen molar-refractivity contribution < 1.29 is 9.53 Å². The van der Waals surface area contributed by atoms with Gasteiger partial charge in [-0.05, 0) is 57.3 Å². The van der Waals surface area contributed by atoms with E-state index in [0.29, 0.717) is 6.61 Å². The second-order valence-corrected chi connectivity index (χ2v) is 5.59. The van der Waals surface area contributed by atoms with E-state index in [1.54, 1.807) is 0 Å². The van der Waals surface area contributed by atoms with Crippen molar-refractivity contribution >= 4 is 5.97 Å². The van der Waals surface area contributed by atoms with Gasteiger partial charge in [0.2, 0.25) is 0 Å². The second kappa shape index (κ2) is 7.44. The summed E-state index contributed by atoms with van der Waals surface area (Å²) in [5.74, 6) is -0.100. The predicted octanol–water partition coefficient (Wildman–Crippen LogP) is 2.81. The Hall–Kier alpha value is -1.35. The first kappa shape index (κ1) is 15.0. The first-order valence-corrected chi connectivity index (χ1v) is 7.64. The third kappa shape index (κ3) is 4.07. The molecule has 0 spiro atoms. The van der Waals surface area contributed by atoms with E-state index >= 15 is 0 Å². The molecule has 20 heavy (non-hydrogen) atoms. The van der Waals surface area contributed by atoms with Gasteiger partial charge in [0.25, 0.3) is 0 Å². The van der Waals surface area contributed by atoms with Gasteiger partial charge in [-0.2, -0.15) is 0 Å². The summed E-state index contributed by atoms with van der Waals surface area (Å²) in [5, 5.41) is 0. The number of rotatable bonds is 6. The fourth-order valence-electron chi connectivity index (χ4n) is 2.86. The summed E-state index contributed by atoms with van der Waals surface area (Å²) in [4.78, 5) is 14.6. The molecule has 1 heterocycles. The molecule has 1 aliphatic rings. The minimum Gasteiger partial charge on any atom is -0.466 e. The van der Waals surface area contributed by atoms with E-state index in [1.165, 1.54) is 24.0 Å². The molecule has 1 fully saturated rings. The Balaban J connectivity index is 2.05. The van der Waals surface area contributed by atoms with Gasteiger partial charge in [0.05, 0.1) is 12.5 Å². The summed E-state index contributed by atoms with van der Waals surface area (Å²) in [6.07, 6.45) is 3.28. The largest absolute Gasteiger partial charge is 0.466 e. The number of nitrogens with zero attached hydrogens (tertiary/aromatic N) is 1. The Labute approximate surface area is 121 Å². The van der Waals surface area contributed by atoms with Crippen molar-refractivity contribution in [3.63, 3.8) is 0 Å². The number of hydrogen-bond acceptors (Lipinski definition) is 3. The van der Waals surface area contributed by atoms with Gasteiger partial charge >= 0.3 is 5.97 Å². The lowest BCUT2D eigenvalue weighted by atomic mass is 9.95. The number of carbonyl (C=O) groups excluding carboxylic acids is 1. The van der Waals surface area contributed by atoms with Crippen LogP contribution in [0, 0.1) is 12.8 Å². The zero-order valence-corrected chi connectivity index (χ0v) is 12.6. The van der Waals surface area contributed by atoms with Crippen LogP contribution >= 0.6 is 0 Å². The molecule has 0 amide bonds. The maximum Gasteiger partial charge on any atom is 0.310 e. The average molecular weight is 275 g/mol. The van der Waals surface area contributed by atoms with Crippen molar-refractivity contribution in [1.82, 2.24) is 4.90 Å². The van der Waals surface area contributed by atoms with Crippen LogP contribution in [0.15, 0.2) is 24.3 Å². The molecule has 1 aromatic carbocycles. The first-order chi connectivity index (χ1) is 9.70. The molecule has 3 heteroatoms. The molecule has 0 aliphatic carbocycles. The quantitative estimate of drug-likeness (QED) is 0.748. The maximum absolute atomic E-state index is 12.2. The highest BCUT2D eigenvalue weighted by Gasteiger charge is 2.25. The Morgan fingerprint density at radius 2 is 2.00 bits per heavy atom. The summed E-state index contributed by atoms with van der Waals surface area (Å²) < 4.78 is 5.26. The number of carbonyl (C=O) groups is 1. The normalized spacial score (nSPS) is 17.1. The summed E-state index contributed by atoms with van der Waals surface area (Å²) >= 11 is 0. The van der Waals surface area contributed by atoms with Crippen LogP contribution in [-0.4, -0.2) is 37.1 Å². The fourth-order valence-corrected chi connectivity index (χ4v) is 2.86. The average Bonchev–Trinajstić information content (AvgIpc) is 2.93. The van der Waals surface area contributed by atoms with Crippen molar-refractivity contribution in [2.24, 2.45) is 5.92 Å². The number of aryl methyl sites for hydroxylation is 1. The molecule has 1 atom stereocenters. The molecule has 3 nitrogen and oxygen atoms in total. The van der Waals surface area contributed by atoms with Crippen LogP contribution in [0.4, 0.5) is 0 Å². The highest BCUT2D eigenvalue weighted by atomic mass is 16.5. The topological polar surface area (TPSA) is 29.5 Å². The van der Waals surface area contributed by atoms with E-state index in [2.05, 4.69) is 24.0 Å². The fraction of sp³-hybridized carbons (Fsp3) is 0.588. The molecule has 0 aromatic heterocycles. The maximum atomic E-state index is 12.2. The van der Waals surface area contributed by atoms with Crippen LogP contribution in [-0.2, 0) is 16.0 Å². The van der Waals surface area contributed by atoms with Gasteiger partial charge in [0, 0.05) is 6.54 Å². The molecule has 1 unspecified atom stereocenters. The lowest BCUT2D eigenvalue weighted by molar-refractivity contribution is -0.148. The number of benzene rings is 1. The summed E-state index contributed by atoms with van der Waals surface area (Å²) in [7, 11) is 0. The van der Waals surface area contributed by atoms with E-state index < -0.39 is 0 Å². The molecule has 0 radical (unpaired) electrons. The van der Waals surface area contributed by atoms with Gasteiger partial charge in [0.15, 0.2) is 0 Å². The van der Waals surface area contributed by atoms with E-state index in [4.69, 9.17) is 4.74 Å². The first-order valence-electron chi connectivity index (χ1n) is 7.64. The van der Waals surface area contributed by atoms with Crippen molar-refractivity contribution in [3.8, 4) is 0 Å². The van der Waals surface area contributed by atoms with Crippen molar-refractivity contribution in [3.05, 3.63) is 35.4 Å². The Kier molecular flexibility index (Phi) is 5.60. The third-order valence-electron chi connectivity index (χ3n) is 4.02. The van der Waals surface area contributed by atoms with Gasteiger partial charge in [-0.15, -0.1) is 0 Å². The lowest BCUT2D eigenvalue weighted by Crippen LogP contribution is -2.33. The van der Waals surface area contributed by atoms with Gasteiger partial charge in [-0.1, -0.05) is 24.3 Å². The zero-order chi connectivity index (χ0) is 14.4. The number of hydrogen-bond donors (Lipinski definition) is 0. The number of likely N-dealkylation sites (tertiary alicyclic amines) is 1. The minimum absolute atomic E-state index is 0.0471. The summed E-state index contributed by atoms with van der Waals surface area (Å²) in [6.45, 7) is 7.50. The summed E-state index contributed by atoms with van der Waals surface area (Å²) in [6, 6.07) is 8.30. The monoisotopic (exact) mass is 275 g/mol. The smallest absolute Gasteiger partial charge is 0.310 e. The predicted molar refractivity (Wildman–Crippen MR) is 80.7 cm³/mol. The number of esters is 1. The molecule has 1 aliphatic heterocycles. The van der Waals surface area contributed by atoms with Crippen LogP contribution in [0.25, 0.3) is 0 Å². The summed E-state index contributed by atoms with van der Waals surface area (Å²) in [5.41, 5.74) is 2.51. The van der Waals surface area contributed by atoms with E-state index in [0.717, 1.165) is 26.1 Å². The SMILES string of the molecule is CCOC(=O)C(Cc1ccccc1C)CN1CCCC1. The molecule has 0 saturated carbocycles. The van der Waals surface area contributed by atoms with Crippen LogP contribution in [0.5, 0.6) is 0 Å². The molecule has 1 aromatic rings. The van der Waals surface area contributed by atoms with Crippen molar-refractivity contribution in [2.75, 3.05) is 26.2 Å². The van der Waals surface area contributed by atoms with Gasteiger partial charge in [-0.25, -0.2) is 0 Å². The van der Waals surface area contributed by atoms with Gasteiger partial charge < -0.3 is 9.64 Å². The third-order valence-corrected chi connectivity index (χ3v) is 4.02. The highest BCUT2D eigenvalue weighted by Crippen LogP contribution is 2.18. The molecular formula is C17H25NO2. The van der Waals surface area contributed by atoms with Crippen LogP contribution in [0.1, 0.15) is 30.9 Å². The number of ether oxygens (including phenoxy) is 1. The Morgan fingerprint density at radius 3 is 2.65 bits per heavy atom. The van der Waals surface area contributed by atoms with E-state index in [-0.39, 0.29) is 11.9 Å². The van der Waals surface area contributed by atoms with Crippen molar-refractivity contribution in [1.29, 1.82) is 0 Å². The van der Waals surface area contributed by atoms with E-state index in [9.17, 15) is 4.79 Å².